The lowest BCUT2D eigenvalue weighted by atomic mass is 10.1. The van der Waals surface area contributed by atoms with Crippen molar-refractivity contribution in [2.24, 2.45) is 10.9 Å². The zero-order valence-corrected chi connectivity index (χ0v) is 13.7. The number of aromatic nitrogens is 1. The lowest BCUT2D eigenvalue weighted by Crippen LogP contribution is -2.27. The number of methoxy groups -OCH3 is 2. The van der Waals surface area contributed by atoms with Crippen molar-refractivity contribution in [3.05, 3.63) is 63.1 Å². The maximum Gasteiger partial charge on any atom is 0.366 e. The summed E-state index contributed by atoms with van der Waals surface area (Å²) >= 11 is 0. The Bertz CT molecular complexity index is 882. The largest absolute Gasteiger partial charge is 0.619 e. The van der Waals surface area contributed by atoms with E-state index in [4.69, 9.17) is 15.2 Å². The summed E-state index contributed by atoms with van der Waals surface area (Å²) in [7, 11) is 2.50. The first-order valence-electron chi connectivity index (χ1n) is 7.01. The topological polar surface area (TPSA) is 153 Å². The number of nitro groups is 1. The number of carbonyl (C=O) groups excluding carboxylic acids is 1. The van der Waals surface area contributed by atoms with Crippen LogP contribution < -0.4 is 19.9 Å². The molecule has 26 heavy (non-hydrogen) atoms. The van der Waals surface area contributed by atoms with E-state index in [1.807, 2.05) is 0 Å². The van der Waals surface area contributed by atoms with Crippen LogP contribution in [-0.2, 0) is 4.84 Å². The highest BCUT2D eigenvalue weighted by molar-refractivity contribution is 5.98. The van der Waals surface area contributed by atoms with Gasteiger partial charge in [0.1, 0.15) is 0 Å². The van der Waals surface area contributed by atoms with E-state index >= 15 is 0 Å². The van der Waals surface area contributed by atoms with Crippen LogP contribution in [0.4, 0.5) is 5.69 Å². The number of oxime groups is 1. The first-order chi connectivity index (χ1) is 12.4. The standard InChI is InChI=1S/C15H14N4O7/c1-24-12-7-10(6-11(19(22)23)13(12)25-2)15(20)26-17-14(16)9-4-3-5-18(21)8-9/h3-8H,1-2H3,(H2,16,17). The Hall–Kier alpha value is -3.89. The van der Waals surface area contributed by atoms with Crippen molar-refractivity contribution in [3.63, 3.8) is 0 Å². The molecule has 0 saturated heterocycles. The molecule has 0 atom stereocenters. The zero-order valence-electron chi connectivity index (χ0n) is 13.7. The van der Waals surface area contributed by atoms with E-state index in [0.29, 0.717) is 4.73 Å². The van der Waals surface area contributed by atoms with Crippen molar-refractivity contribution < 1.29 is 28.8 Å². The van der Waals surface area contributed by atoms with E-state index in [1.165, 1.54) is 38.6 Å². The molecule has 1 aromatic heterocycles. The minimum atomic E-state index is -1.01. The fourth-order valence-corrected chi connectivity index (χ4v) is 2.00. The van der Waals surface area contributed by atoms with Crippen molar-refractivity contribution in [2.75, 3.05) is 14.2 Å². The molecular weight excluding hydrogens is 348 g/mol. The summed E-state index contributed by atoms with van der Waals surface area (Å²) in [5.74, 6) is -1.40. The average molecular weight is 362 g/mol. The van der Waals surface area contributed by atoms with Gasteiger partial charge in [-0.25, -0.2) is 4.79 Å². The van der Waals surface area contributed by atoms with E-state index in [1.54, 1.807) is 0 Å². The van der Waals surface area contributed by atoms with Crippen molar-refractivity contribution in [1.82, 2.24) is 0 Å². The molecule has 0 spiro atoms. The van der Waals surface area contributed by atoms with Gasteiger partial charge in [-0.1, -0.05) is 5.16 Å². The Morgan fingerprint density at radius 2 is 2.00 bits per heavy atom. The third-order valence-electron chi connectivity index (χ3n) is 3.19. The maximum atomic E-state index is 12.1. The number of benzene rings is 1. The molecule has 1 aromatic carbocycles. The van der Waals surface area contributed by atoms with E-state index in [2.05, 4.69) is 9.99 Å². The summed E-state index contributed by atoms with van der Waals surface area (Å²) in [4.78, 5) is 27.2. The molecule has 0 amide bonds. The highest BCUT2D eigenvalue weighted by Crippen LogP contribution is 2.38. The lowest BCUT2D eigenvalue weighted by Gasteiger charge is -2.09. The molecule has 2 aromatic rings. The van der Waals surface area contributed by atoms with Crippen molar-refractivity contribution in [3.8, 4) is 11.5 Å². The second kappa shape index (κ2) is 7.79. The van der Waals surface area contributed by atoms with Gasteiger partial charge in [0, 0.05) is 12.1 Å². The molecule has 1 heterocycles. The van der Waals surface area contributed by atoms with Gasteiger partial charge in [0.15, 0.2) is 24.0 Å². The average Bonchev–Trinajstić information content (AvgIpc) is 2.64. The van der Waals surface area contributed by atoms with E-state index in [-0.39, 0.29) is 28.5 Å². The first-order valence-corrected chi connectivity index (χ1v) is 7.01. The number of amidine groups is 1. The number of nitrogens with zero attached hydrogens (tertiary/aromatic N) is 3. The van der Waals surface area contributed by atoms with Crippen LogP contribution in [0.5, 0.6) is 11.5 Å². The van der Waals surface area contributed by atoms with Crippen LogP contribution in [0.1, 0.15) is 15.9 Å². The molecular formula is C15H14N4O7. The molecule has 2 rings (SSSR count). The third-order valence-corrected chi connectivity index (χ3v) is 3.19. The van der Waals surface area contributed by atoms with Crippen LogP contribution in [0, 0.1) is 15.3 Å². The molecule has 0 bridgehead atoms. The van der Waals surface area contributed by atoms with Gasteiger partial charge in [-0.05, 0) is 12.1 Å². The smallest absolute Gasteiger partial charge is 0.366 e. The molecule has 11 nitrogen and oxygen atoms in total. The van der Waals surface area contributed by atoms with Gasteiger partial charge >= 0.3 is 11.7 Å². The van der Waals surface area contributed by atoms with Crippen molar-refractivity contribution in [1.29, 1.82) is 0 Å². The van der Waals surface area contributed by atoms with Gasteiger partial charge < -0.3 is 25.3 Å². The highest BCUT2D eigenvalue weighted by atomic mass is 16.7. The summed E-state index contributed by atoms with van der Waals surface area (Å²) in [6.07, 6.45) is 2.37. The first kappa shape index (κ1) is 18.4. The fraction of sp³-hybridized carbons (Fsp3) is 0.133. The van der Waals surface area contributed by atoms with E-state index < -0.39 is 16.6 Å². The van der Waals surface area contributed by atoms with Gasteiger partial charge in [0.05, 0.1) is 30.3 Å². The molecule has 11 heteroatoms. The summed E-state index contributed by atoms with van der Waals surface area (Å²) in [5.41, 5.74) is 5.19. The number of pyridine rings is 1. The van der Waals surface area contributed by atoms with E-state index in [0.717, 1.165) is 12.3 Å². The molecule has 0 aliphatic rings. The van der Waals surface area contributed by atoms with Crippen LogP contribution in [0.25, 0.3) is 0 Å². The van der Waals surface area contributed by atoms with Crippen LogP contribution >= 0.6 is 0 Å². The van der Waals surface area contributed by atoms with Gasteiger partial charge in [0.2, 0.25) is 5.75 Å². The predicted octanol–water partition coefficient (Wildman–Crippen LogP) is 0.723. The number of carbonyl (C=O) groups is 1. The molecule has 0 unspecified atom stereocenters. The van der Waals surface area contributed by atoms with Gasteiger partial charge in [-0.2, -0.15) is 4.73 Å². The molecule has 2 N–H and O–H groups in total. The Balaban J connectivity index is 2.30. The number of hydrogen-bond donors (Lipinski definition) is 1. The minimum Gasteiger partial charge on any atom is -0.619 e. The minimum absolute atomic E-state index is 0.0268. The van der Waals surface area contributed by atoms with Gasteiger partial charge in [0.25, 0.3) is 0 Å². The van der Waals surface area contributed by atoms with Crippen LogP contribution in [0.15, 0.2) is 41.8 Å². The van der Waals surface area contributed by atoms with Crippen molar-refractivity contribution >= 4 is 17.5 Å². The maximum absolute atomic E-state index is 12.1. The Morgan fingerprint density at radius 1 is 1.27 bits per heavy atom. The zero-order chi connectivity index (χ0) is 19.3. The SMILES string of the molecule is COc1cc(C(=O)O/N=C(\N)c2ccc[n+]([O-])c2)cc([N+](=O)[O-])c1OC. The number of nitro benzene ring substituents is 1. The molecule has 0 radical (unpaired) electrons. The number of rotatable bonds is 6. The highest BCUT2D eigenvalue weighted by Gasteiger charge is 2.24. The third kappa shape index (κ3) is 3.95. The Morgan fingerprint density at radius 3 is 2.58 bits per heavy atom. The van der Waals surface area contributed by atoms with Crippen molar-refractivity contribution in [2.45, 2.75) is 0 Å². The quantitative estimate of drug-likeness (QED) is 0.150. The van der Waals surface area contributed by atoms with E-state index in [9.17, 15) is 20.1 Å². The van der Waals surface area contributed by atoms with Crippen LogP contribution in [0.2, 0.25) is 0 Å². The molecule has 136 valence electrons. The number of hydrogen-bond acceptors (Lipinski definition) is 8. The normalized spacial score (nSPS) is 10.9. The second-order valence-electron chi connectivity index (χ2n) is 4.80. The monoisotopic (exact) mass is 362 g/mol. The Labute approximate surface area is 146 Å². The molecule has 0 aliphatic carbocycles. The number of nitrogens with two attached hydrogens (primary N) is 1. The summed E-state index contributed by atoms with van der Waals surface area (Å²) in [5, 5.41) is 25.8. The fourth-order valence-electron chi connectivity index (χ4n) is 2.00. The van der Waals surface area contributed by atoms with Gasteiger partial charge in [-0.3, -0.25) is 10.1 Å². The predicted molar refractivity (Wildman–Crippen MR) is 87.7 cm³/mol. The number of ether oxygens (including phenoxy) is 2. The van der Waals surface area contributed by atoms with Gasteiger partial charge in [-0.15, -0.1) is 0 Å². The summed E-state index contributed by atoms with van der Waals surface area (Å²) < 4.78 is 10.4. The second-order valence-corrected chi connectivity index (χ2v) is 4.80. The Kier molecular flexibility index (Phi) is 5.53. The van der Waals surface area contributed by atoms with Crippen LogP contribution in [-0.4, -0.2) is 30.9 Å². The molecule has 0 fully saturated rings. The molecule has 0 aliphatic heterocycles. The summed E-state index contributed by atoms with van der Waals surface area (Å²) in [6, 6.07) is 5.09. The summed E-state index contributed by atoms with van der Waals surface area (Å²) in [6.45, 7) is 0. The lowest BCUT2D eigenvalue weighted by molar-refractivity contribution is -0.605. The molecule has 0 saturated carbocycles. The van der Waals surface area contributed by atoms with Crippen LogP contribution in [0.3, 0.4) is 0 Å².